The van der Waals surface area contributed by atoms with Gasteiger partial charge in [-0.1, -0.05) is 140 Å². The molecule has 0 spiro atoms. The molecule has 0 fully saturated rings. The lowest BCUT2D eigenvalue weighted by Gasteiger charge is -2.34. The molecule has 52 heavy (non-hydrogen) atoms. The fourth-order valence-electron chi connectivity index (χ4n) is 8.94. The Hall–Kier alpha value is -6.64. The molecule has 244 valence electrons. The summed E-state index contributed by atoms with van der Waals surface area (Å²) < 4.78 is 2.42. The van der Waals surface area contributed by atoms with E-state index in [-0.39, 0.29) is 6.04 Å². The van der Waals surface area contributed by atoms with Crippen molar-refractivity contribution in [3.63, 3.8) is 0 Å². The SMILES string of the molecule is C1=C2C(=CC(N(c3cccc(-c4ccccc4)c3)c3ccc4c5ccccc5n(-c5ccccc5)c4c3)C1)c1c3ccccc3cc3cccc2c13. The number of anilines is 2. The predicted molar refractivity (Wildman–Crippen MR) is 221 cm³/mol. The first-order valence-electron chi connectivity index (χ1n) is 18.2. The van der Waals surface area contributed by atoms with Crippen molar-refractivity contribution in [1.82, 2.24) is 4.57 Å². The van der Waals surface area contributed by atoms with Crippen molar-refractivity contribution < 1.29 is 0 Å². The predicted octanol–water partition coefficient (Wildman–Crippen LogP) is 13.1. The molecule has 1 heterocycles. The van der Waals surface area contributed by atoms with E-state index in [0.717, 1.165) is 6.42 Å². The molecule has 2 nitrogen and oxygen atoms in total. The average Bonchev–Trinajstić information content (AvgIpc) is 3.72. The molecule has 2 heteroatoms. The van der Waals surface area contributed by atoms with E-state index < -0.39 is 0 Å². The summed E-state index contributed by atoms with van der Waals surface area (Å²) in [7, 11) is 0. The summed E-state index contributed by atoms with van der Waals surface area (Å²) >= 11 is 0. The normalized spacial score (nSPS) is 14.9. The molecule has 0 saturated carbocycles. The van der Waals surface area contributed by atoms with Gasteiger partial charge in [0.15, 0.2) is 0 Å². The first-order chi connectivity index (χ1) is 25.8. The van der Waals surface area contributed by atoms with Gasteiger partial charge in [-0.25, -0.2) is 0 Å². The van der Waals surface area contributed by atoms with E-state index in [2.05, 4.69) is 198 Å². The highest BCUT2D eigenvalue weighted by molar-refractivity contribution is 6.28. The number of rotatable bonds is 5. The number of fused-ring (bicyclic) bond motifs is 8. The van der Waals surface area contributed by atoms with Gasteiger partial charge in [0.2, 0.25) is 0 Å². The molecule has 1 aromatic heterocycles. The van der Waals surface area contributed by atoms with E-state index in [9.17, 15) is 0 Å². The molecule has 0 amide bonds. The number of hydrogen-bond donors (Lipinski definition) is 0. The minimum atomic E-state index is 0.0973. The second-order valence-corrected chi connectivity index (χ2v) is 14.1. The molecule has 1 atom stereocenters. The van der Waals surface area contributed by atoms with E-state index in [1.54, 1.807) is 0 Å². The van der Waals surface area contributed by atoms with E-state index in [4.69, 9.17) is 0 Å². The lowest BCUT2D eigenvalue weighted by atomic mass is 9.90. The molecule has 0 saturated heterocycles. The number of hydrogen-bond acceptors (Lipinski definition) is 1. The van der Waals surface area contributed by atoms with Crippen LogP contribution in [0.25, 0.3) is 71.3 Å². The standard InChI is InChI=1S/C50H34N2/c1-3-13-33(14-4-1)34-16-11-20-38(30-34)51(40-26-28-44-43-22-9-10-24-47(43)52(48(44)32-40)37-18-5-2-6-19-37)39-25-27-42-45-23-12-17-36-29-35-15-7-8-21-41(35)50(49(36)45)46(42)31-39/h1-24,26-32,39H,25H2. The van der Waals surface area contributed by atoms with Crippen LogP contribution in [0.2, 0.25) is 0 Å². The molecule has 11 rings (SSSR count). The fraction of sp³-hybridized carbons (Fsp3) is 0.0400. The van der Waals surface area contributed by atoms with E-state index in [0.29, 0.717) is 0 Å². The summed E-state index contributed by atoms with van der Waals surface area (Å²) in [4.78, 5) is 2.57. The van der Waals surface area contributed by atoms with Gasteiger partial charge in [0.25, 0.3) is 0 Å². The van der Waals surface area contributed by atoms with Crippen molar-refractivity contribution in [2.24, 2.45) is 0 Å². The Balaban J connectivity index is 1.15. The van der Waals surface area contributed by atoms with Crippen LogP contribution in [-0.2, 0) is 0 Å². The molecular formula is C50H34N2. The molecule has 0 aliphatic heterocycles. The van der Waals surface area contributed by atoms with Crippen LogP contribution in [0.15, 0.2) is 188 Å². The second-order valence-electron chi connectivity index (χ2n) is 14.1. The quantitative estimate of drug-likeness (QED) is 0.167. The molecule has 9 aromatic rings. The van der Waals surface area contributed by atoms with Gasteiger partial charge in [-0.3, -0.25) is 0 Å². The monoisotopic (exact) mass is 662 g/mol. The zero-order valence-corrected chi connectivity index (χ0v) is 28.6. The van der Waals surface area contributed by atoms with Crippen LogP contribution in [0.4, 0.5) is 11.4 Å². The maximum atomic E-state index is 2.57. The van der Waals surface area contributed by atoms with Gasteiger partial charge >= 0.3 is 0 Å². The van der Waals surface area contributed by atoms with Crippen molar-refractivity contribution in [3.8, 4) is 16.8 Å². The summed E-state index contributed by atoms with van der Waals surface area (Å²) in [5, 5.41) is 7.83. The van der Waals surface area contributed by atoms with Crippen LogP contribution in [0, 0.1) is 0 Å². The highest BCUT2D eigenvalue weighted by Gasteiger charge is 2.32. The number of para-hydroxylation sites is 2. The molecule has 1 unspecified atom stereocenters. The van der Waals surface area contributed by atoms with Gasteiger partial charge in [0, 0.05) is 27.8 Å². The maximum absolute atomic E-state index is 2.57. The van der Waals surface area contributed by atoms with Gasteiger partial charge in [-0.15, -0.1) is 0 Å². The van der Waals surface area contributed by atoms with Crippen molar-refractivity contribution in [3.05, 3.63) is 199 Å². The molecule has 0 radical (unpaired) electrons. The van der Waals surface area contributed by atoms with Gasteiger partial charge in [0.05, 0.1) is 17.1 Å². The molecule has 2 aliphatic carbocycles. The number of allylic oxidation sites excluding steroid dienone is 2. The highest BCUT2D eigenvalue weighted by atomic mass is 15.2. The second kappa shape index (κ2) is 11.4. The Morgan fingerprint density at radius 1 is 0.481 bits per heavy atom. The Bertz CT molecular complexity index is 2930. The molecule has 0 N–H and O–H groups in total. The molecular weight excluding hydrogens is 629 g/mol. The van der Waals surface area contributed by atoms with Crippen LogP contribution in [-0.4, -0.2) is 10.6 Å². The largest absolute Gasteiger partial charge is 0.334 e. The zero-order chi connectivity index (χ0) is 34.2. The smallest absolute Gasteiger partial charge is 0.0566 e. The van der Waals surface area contributed by atoms with Crippen LogP contribution < -0.4 is 4.90 Å². The van der Waals surface area contributed by atoms with Crippen LogP contribution in [0.1, 0.15) is 17.5 Å². The third kappa shape index (κ3) is 4.37. The molecule has 0 bridgehead atoms. The lowest BCUT2D eigenvalue weighted by Crippen LogP contribution is -2.30. The van der Waals surface area contributed by atoms with Gasteiger partial charge < -0.3 is 9.47 Å². The summed E-state index contributed by atoms with van der Waals surface area (Å²) in [6.45, 7) is 0. The van der Waals surface area contributed by atoms with Crippen molar-refractivity contribution in [1.29, 1.82) is 0 Å². The average molecular weight is 663 g/mol. The van der Waals surface area contributed by atoms with Gasteiger partial charge in [-0.2, -0.15) is 0 Å². The van der Waals surface area contributed by atoms with Crippen LogP contribution >= 0.6 is 0 Å². The number of nitrogens with zero attached hydrogens (tertiary/aromatic N) is 2. The van der Waals surface area contributed by atoms with Gasteiger partial charge in [0.1, 0.15) is 0 Å². The topological polar surface area (TPSA) is 8.17 Å². The minimum Gasteiger partial charge on any atom is -0.334 e. The van der Waals surface area contributed by atoms with Crippen LogP contribution in [0.3, 0.4) is 0 Å². The van der Waals surface area contributed by atoms with Crippen LogP contribution in [0.5, 0.6) is 0 Å². The summed E-state index contributed by atoms with van der Waals surface area (Å²) in [6.07, 6.45) is 5.95. The molecule has 2 aliphatic rings. The third-order valence-corrected chi connectivity index (χ3v) is 11.2. The highest BCUT2D eigenvalue weighted by Crippen LogP contribution is 2.51. The van der Waals surface area contributed by atoms with Crippen molar-refractivity contribution in [2.45, 2.75) is 12.5 Å². The third-order valence-electron chi connectivity index (χ3n) is 11.2. The summed E-state index contributed by atoms with van der Waals surface area (Å²) in [5.74, 6) is 0. The Morgan fingerprint density at radius 3 is 2.06 bits per heavy atom. The van der Waals surface area contributed by atoms with E-state index >= 15 is 0 Å². The zero-order valence-electron chi connectivity index (χ0n) is 28.6. The summed E-state index contributed by atoms with van der Waals surface area (Å²) in [6, 6.07) is 64.6. The number of aromatic nitrogens is 1. The Kier molecular flexibility index (Phi) is 6.41. The molecule has 8 aromatic carbocycles. The maximum Gasteiger partial charge on any atom is 0.0566 e. The van der Waals surface area contributed by atoms with E-state index in [1.807, 2.05) is 0 Å². The van der Waals surface area contributed by atoms with Crippen molar-refractivity contribution in [2.75, 3.05) is 4.90 Å². The summed E-state index contributed by atoms with van der Waals surface area (Å²) in [5.41, 5.74) is 13.8. The first-order valence-corrected chi connectivity index (χ1v) is 18.2. The Morgan fingerprint density at radius 2 is 1.17 bits per heavy atom. The Labute approximate surface area is 302 Å². The van der Waals surface area contributed by atoms with Gasteiger partial charge in [-0.05, 0) is 110 Å². The lowest BCUT2D eigenvalue weighted by molar-refractivity contribution is 0.790. The fourth-order valence-corrected chi connectivity index (χ4v) is 8.94. The first kappa shape index (κ1) is 29.1. The van der Waals surface area contributed by atoms with Crippen molar-refractivity contribution >= 4 is 65.9 Å². The van der Waals surface area contributed by atoms with E-state index in [1.165, 1.54) is 93.8 Å². The number of benzene rings is 8. The minimum absolute atomic E-state index is 0.0973.